The number of rotatable bonds is 8. The lowest BCUT2D eigenvalue weighted by Gasteiger charge is -2.21. The van der Waals surface area contributed by atoms with E-state index in [4.69, 9.17) is 0 Å². The Morgan fingerprint density at radius 1 is 1.26 bits per heavy atom. The van der Waals surface area contributed by atoms with Crippen LogP contribution in [-0.2, 0) is 0 Å². The summed E-state index contributed by atoms with van der Waals surface area (Å²) in [5.74, 6) is 2.34. The zero-order valence-corrected chi connectivity index (χ0v) is 13.8. The van der Waals surface area contributed by atoms with Crippen LogP contribution in [-0.4, -0.2) is 43.6 Å². The van der Waals surface area contributed by atoms with Crippen LogP contribution in [0.4, 0.5) is 0 Å². The van der Waals surface area contributed by atoms with Crippen molar-refractivity contribution in [2.24, 2.45) is 0 Å². The third-order valence-corrected chi connectivity index (χ3v) is 4.27. The molecule has 2 nitrogen and oxygen atoms in total. The van der Waals surface area contributed by atoms with Crippen LogP contribution in [0.3, 0.4) is 0 Å². The van der Waals surface area contributed by atoms with Crippen molar-refractivity contribution in [2.45, 2.75) is 26.8 Å². The molecule has 0 aliphatic rings. The third kappa shape index (κ3) is 5.98. The maximum Gasteiger partial charge on any atom is 0.0414 e. The minimum atomic E-state index is 0.470. The van der Waals surface area contributed by atoms with Gasteiger partial charge in [0.25, 0.3) is 0 Å². The SMILES string of the molecule is CCNC(CSCCN(C)C)c1cc(C)ccc1C. The highest BCUT2D eigenvalue weighted by molar-refractivity contribution is 7.99. The Labute approximate surface area is 123 Å². The number of hydrogen-bond acceptors (Lipinski definition) is 3. The van der Waals surface area contributed by atoms with Gasteiger partial charge >= 0.3 is 0 Å². The van der Waals surface area contributed by atoms with Gasteiger partial charge in [-0.2, -0.15) is 11.8 Å². The first kappa shape index (κ1) is 16.5. The minimum absolute atomic E-state index is 0.470. The van der Waals surface area contributed by atoms with E-state index in [2.05, 4.69) is 63.3 Å². The van der Waals surface area contributed by atoms with Gasteiger partial charge in [0.1, 0.15) is 0 Å². The maximum absolute atomic E-state index is 3.62. The van der Waals surface area contributed by atoms with Crippen molar-refractivity contribution in [3.8, 4) is 0 Å². The Morgan fingerprint density at radius 3 is 2.63 bits per heavy atom. The van der Waals surface area contributed by atoms with Crippen LogP contribution < -0.4 is 5.32 Å². The molecule has 0 aliphatic carbocycles. The summed E-state index contributed by atoms with van der Waals surface area (Å²) in [6, 6.07) is 7.23. The van der Waals surface area contributed by atoms with E-state index in [1.54, 1.807) is 0 Å². The van der Waals surface area contributed by atoms with Crippen molar-refractivity contribution < 1.29 is 0 Å². The van der Waals surface area contributed by atoms with Gasteiger partial charge < -0.3 is 10.2 Å². The van der Waals surface area contributed by atoms with Gasteiger partial charge in [0.05, 0.1) is 0 Å². The van der Waals surface area contributed by atoms with E-state index in [1.807, 2.05) is 11.8 Å². The molecule has 0 saturated heterocycles. The molecule has 1 atom stereocenters. The molecule has 1 rings (SSSR count). The van der Waals surface area contributed by atoms with Crippen LogP contribution >= 0.6 is 11.8 Å². The Morgan fingerprint density at radius 2 is 2.00 bits per heavy atom. The van der Waals surface area contributed by atoms with E-state index in [-0.39, 0.29) is 0 Å². The van der Waals surface area contributed by atoms with Crippen LogP contribution in [0.25, 0.3) is 0 Å². The van der Waals surface area contributed by atoms with Gasteiger partial charge in [-0.3, -0.25) is 0 Å². The van der Waals surface area contributed by atoms with Crippen molar-refractivity contribution in [1.29, 1.82) is 0 Å². The molecule has 19 heavy (non-hydrogen) atoms. The summed E-state index contributed by atoms with van der Waals surface area (Å²) in [4.78, 5) is 2.24. The van der Waals surface area contributed by atoms with Crippen LogP contribution in [0.2, 0.25) is 0 Å². The summed E-state index contributed by atoms with van der Waals surface area (Å²) < 4.78 is 0. The molecule has 0 bridgehead atoms. The van der Waals surface area contributed by atoms with Crippen LogP contribution in [0.15, 0.2) is 18.2 Å². The third-order valence-electron chi connectivity index (χ3n) is 3.23. The second-order valence-corrected chi connectivity index (χ2v) is 6.50. The predicted molar refractivity (Wildman–Crippen MR) is 88.2 cm³/mol. The highest BCUT2D eigenvalue weighted by atomic mass is 32.2. The molecular formula is C16H28N2S. The summed E-state index contributed by atoms with van der Waals surface area (Å²) in [5.41, 5.74) is 4.20. The molecule has 0 heterocycles. The van der Waals surface area contributed by atoms with Crippen molar-refractivity contribution in [3.63, 3.8) is 0 Å². The predicted octanol–water partition coefficient (Wildman–Crippen LogP) is 3.25. The van der Waals surface area contributed by atoms with E-state index in [9.17, 15) is 0 Å². The van der Waals surface area contributed by atoms with Crippen molar-refractivity contribution in [1.82, 2.24) is 10.2 Å². The average molecular weight is 280 g/mol. The molecule has 0 saturated carbocycles. The second-order valence-electron chi connectivity index (χ2n) is 5.35. The Kier molecular flexibility index (Phi) is 7.51. The second kappa shape index (κ2) is 8.62. The largest absolute Gasteiger partial charge is 0.310 e. The minimum Gasteiger partial charge on any atom is -0.310 e. The highest BCUT2D eigenvalue weighted by Crippen LogP contribution is 2.23. The van der Waals surface area contributed by atoms with E-state index in [1.165, 1.54) is 22.4 Å². The lowest BCUT2D eigenvalue weighted by atomic mass is 10.00. The van der Waals surface area contributed by atoms with Crippen molar-refractivity contribution in [2.75, 3.05) is 38.7 Å². The van der Waals surface area contributed by atoms with Crippen LogP contribution in [0.1, 0.15) is 29.7 Å². The number of benzene rings is 1. The molecule has 1 aromatic rings. The molecule has 1 unspecified atom stereocenters. The molecular weight excluding hydrogens is 252 g/mol. The van der Waals surface area contributed by atoms with Crippen LogP contribution in [0, 0.1) is 13.8 Å². The summed E-state index contributed by atoms with van der Waals surface area (Å²) in [7, 11) is 4.26. The fraction of sp³-hybridized carbons (Fsp3) is 0.625. The summed E-state index contributed by atoms with van der Waals surface area (Å²) in [6.07, 6.45) is 0. The van der Waals surface area contributed by atoms with Crippen molar-refractivity contribution in [3.05, 3.63) is 34.9 Å². The first-order valence-electron chi connectivity index (χ1n) is 7.07. The van der Waals surface area contributed by atoms with E-state index in [0.717, 1.165) is 18.8 Å². The zero-order chi connectivity index (χ0) is 14.3. The van der Waals surface area contributed by atoms with Gasteiger partial charge in [0.2, 0.25) is 0 Å². The lowest BCUT2D eigenvalue weighted by molar-refractivity contribution is 0.437. The smallest absolute Gasteiger partial charge is 0.0414 e. The monoisotopic (exact) mass is 280 g/mol. The average Bonchev–Trinajstić information content (AvgIpc) is 2.36. The molecule has 3 heteroatoms. The van der Waals surface area contributed by atoms with Gasteiger partial charge in [-0.15, -0.1) is 0 Å². The summed E-state index contributed by atoms with van der Waals surface area (Å²) >= 11 is 2.03. The fourth-order valence-corrected chi connectivity index (χ4v) is 3.28. The number of aryl methyl sites for hydroxylation is 2. The molecule has 1 N–H and O–H groups in total. The Balaban J connectivity index is 2.63. The van der Waals surface area contributed by atoms with E-state index in [0.29, 0.717) is 6.04 Å². The van der Waals surface area contributed by atoms with Gasteiger partial charge in [-0.05, 0) is 45.6 Å². The molecule has 0 amide bonds. The standard InChI is InChI=1S/C16H28N2S/c1-6-17-16(12-19-10-9-18(4)5)15-11-13(2)7-8-14(15)3/h7-8,11,16-17H,6,9-10,12H2,1-5H3. The number of thioether (sulfide) groups is 1. The Bertz CT molecular complexity index is 377. The quantitative estimate of drug-likeness (QED) is 0.736. The molecule has 0 aromatic heterocycles. The fourth-order valence-electron chi connectivity index (χ4n) is 2.09. The highest BCUT2D eigenvalue weighted by Gasteiger charge is 2.12. The molecule has 0 spiro atoms. The summed E-state index contributed by atoms with van der Waals surface area (Å²) in [5, 5.41) is 3.62. The normalized spacial score (nSPS) is 12.9. The number of hydrogen-bond donors (Lipinski definition) is 1. The first-order valence-corrected chi connectivity index (χ1v) is 8.23. The first-order chi connectivity index (χ1) is 9.04. The molecule has 0 fully saturated rings. The van der Waals surface area contributed by atoms with Crippen LogP contribution in [0.5, 0.6) is 0 Å². The molecule has 0 radical (unpaired) electrons. The zero-order valence-electron chi connectivity index (χ0n) is 13.0. The van der Waals surface area contributed by atoms with Gasteiger partial charge in [0.15, 0.2) is 0 Å². The maximum atomic E-state index is 3.62. The van der Waals surface area contributed by atoms with Gasteiger partial charge in [0, 0.05) is 24.1 Å². The number of nitrogens with zero attached hydrogens (tertiary/aromatic N) is 1. The summed E-state index contributed by atoms with van der Waals surface area (Å²) in [6.45, 7) is 8.74. The topological polar surface area (TPSA) is 15.3 Å². The Hall–Kier alpha value is -0.510. The van der Waals surface area contributed by atoms with Crippen molar-refractivity contribution >= 4 is 11.8 Å². The molecule has 1 aromatic carbocycles. The number of nitrogens with one attached hydrogen (secondary N) is 1. The van der Waals surface area contributed by atoms with E-state index < -0.39 is 0 Å². The van der Waals surface area contributed by atoms with E-state index >= 15 is 0 Å². The van der Waals surface area contributed by atoms with Gasteiger partial charge in [-0.1, -0.05) is 30.7 Å². The molecule has 108 valence electrons. The van der Waals surface area contributed by atoms with Gasteiger partial charge in [-0.25, -0.2) is 0 Å². The molecule has 0 aliphatic heterocycles. The lowest BCUT2D eigenvalue weighted by Crippen LogP contribution is -2.24.